The van der Waals surface area contributed by atoms with Gasteiger partial charge < -0.3 is 10.1 Å². The van der Waals surface area contributed by atoms with E-state index in [0.29, 0.717) is 6.04 Å². The third-order valence-corrected chi connectivity index (χ3v) is 4.09. The van der Waals surface area contributed by atoms with Gasteiger partial charge in [-0.25, -0.2) is 0 Å². The van der Waals surface area contributed by atoms with Gasteiger partial charge in [-0.05, 0) is 44.9 Å². The fourth-order valence-corrected chi connectivity index (χ4v) is 2.80. The molecule has 0 radical (unpaired) electrons. The van der Waals surface area contributed by atoms with E-state index in [1.165, 1.54) is 24.0 Å². The Labute approximate surface area is 126 Å². The number of hydrogen-bond donors (Lipinski definition) is 1. The Morgan fingerprint density at radius 1 is 1.19 bits per heavy atom. The summed E-state index contributed by atoms with van der Waals surface area (Å²) in [6.07, 6.45) is 6.27. The van der Waals surface area contributed by atoms with Crippen LogP contribution in [0.4, 0.5) is 0 Å². The topological polar surface area (TPSA) is 34.1 Å². The van der Waals surface area contributed by atoms with E-state index in [1.807, 2.05) is 6.20 Å². The molecule has 1 aliphatic rings. The van der Waals surface area contributed by atoms with Crippen molar-refractivity contribution in [1.29, 1.82) is 0 Å². The normalized spacial score (nSPS) is 19.4. The number of pyridine rings is 1. The molecule has 1 aliphatic heterocycles. The third-order valence-electron chi connectivity index (χ3n) is 4.09. The smallest absolute Gasteiger partial charge is 0.138 e. The molecule has 2 heterocycles. The Morgan fingerprint density at radius 2 is 2.00 bits per heavy atom. The number of hydrogen-bond acceptors (Lipinski definition) is 3. The Balaban J connectivity index is 1.75. The fourth-order valence-electron chi connectivity index (χ4n) is 2.80. The van der Waals surface area contributed by atoms with Crippen LogP contribution in [0.5, 0.6) is 5.75 Å². The number of ether oxygens (including phenoxy) is 1. The van der Waals surface area contributed by atoms with Crippen molar-refractivity contribution < 1.29 is 4.74 Å². The van der Waals surface area contributed by atoms with Crippen molar-refractivity contribution in [1.82, 2.24) is 10.3 Å². The molecule has 1 aromatic carbocycles. The summed E-state index contributed by atoms with van der Waals surface area (Å²) in [5, 5.41) is 3.48. The molecule has 1 N–H and O–H groups in total. The molecule has 0 amide bonds. The van der Waals surface area contributed by atoms with Crippen molar-refractivity contribution in [3.8, 4) is 16.9 Å². The van der Waals surface area contributed by atoms with Crippen molar-refractivity contribution in [2.24, 2.45) is 0 Å². The highest BCUT2D eigenvalue weighted by Gasteiger charge is 2.22. The Hall–Kier alpha value is -1.87. The van der Waals surface area contributed by atoms with Gasteiger partial charge in [-0.3, -0.25) is 4.98 Å². The zero-order valence-corrected chi connectivity index (χ0v) is 12.7. The first-order chi connectivity index (χ1) is 10.2. The number of rotatable bonds is 4. The lowest BCUT2D eigenvalue weighted by Gasteiger charge is -2.21. The van der Waals surface area contributed by atoms with Crippen LogP contribution in [0.25, 0.3) is 11.1 Å². The highest BCUT2D eigenvalue weighted by atomic mass is 16.5. The van der Waals surface area contributed by atoms with E-state index in [2.05, 4.69) is 54.5 Å². The summed E-state index contributed by atoms with van der Waals surface area (Å²) >= 11 is 0. The van der Waals surface area contributed by atoms with E-state index in [9.17, 15) is 0 Å². The quantitative estimate of drug-likeness (QED) is 0.930. The van der Waals surface area contributed by atoms with Crippen molar-refractivity contribution in [3.63, 3.8) is 0 Å². The van der Waals surface area contributed by atoms with Crippen LogP contribution in [0.3, 0.4) is 0 Å². The first-order valence-electron chi connectivity index (χ1n) is 7.64. The van der Waals surface area contributed by atoms with Crippen LogP contribution >= 0.6 is 0 Å². The first kappa shape index (κ1) is 14.1. The van der Waals surface area contributed by atoms with Gasteiger partial charge in [0.1, 0.15) is 11.9 Å². The van der Waals surface area contributed by atoms with Gasteiger partial charge in [-0.2, -0.15) is 0 Å². The molecular weight excluding hydrogens is 260 g/mol. The Kier molecular flexibility index (Phi) is 4.20. The lowest BCUT2D eigenvalue weighted by molar-refractivity contribution is 0.179. The predicted octanol–water partition coefficient (Wildman–Crippen LogP) is 3.58. The Bertz CT molecular complexity index is 588. The molecule has 2 aromatic rings. The highest BCUT2D eigenvalue weighted by molar-refractivity contribution is 5.64. The van der Waals surface area contributed by atoms with E-state index >= 15 is 0 Å². The monoisotopic (exact) mass is 282 g/mol. The molecule has 110 valence electrons. The molecule has 1 fully saturated rings. The zero-order chi connectivity index (χ0) is 14.7. The SMILES string of the molecule is Cc1ccc(-c2cncc(OC(C)[C@@H]3CCCN3)c2)cc1. The molecule has 1 unspecified atom stereocenters. The lowest BCUT2D eigenvalue weighted by Crippen LogP contribution is -2.36. The minimum Gasteiger partial charge on any atom is -0.487 e. The molecule has 2 atom stereocenters. The second kappa shape index (κ2) is 6.27. The fraction of sp³-hybridized carbons (Fsp3) is 0.389. The van der Waals surface area contributed by atoms with Crippen LogP contribution in [0, 0.1) is 6.92 Å². The van der Waals surface area contributed by atoms with Gasteiger partial charge in [0, 0.05) is 17.8 Å². The number of nitrogens with zero attached hydrogens (tertiary/aromatic N) is 1. The summed E-state index contributed by atoms with van der Waals surface area (Å²) in [6.45, 7) is 5.32. The van der Waals surface area contributed by atoms with E-state index in [-0.39, 0.29) is 6.10 Å². The summed E-state index contributed by atoms with van der Waals surface area (Å²) in [4.78, 5) is 4.32. The van der Waals surface area contributed by atoms with Crippen LogP contribution < -0.4 is 10.1 Å². The van der Waals surface area contributed by atoms with E-state index in [4.69, 9.17) is 4.74 Å². The lowest BCUT2D eigenvalue weighted by atomic mass is 10.1. The molecule has 0 aliphatic carbocycles. The van der Waals surface area contributed by atoms with Crippen molar-refractivity contribution >= 4 is 0 Å². The molecule has 21 heavy (non-hydrogen) atoms. The third kappa shape index (κ3) is 3.42. The number of aryl methyl sites for hydroxylation is 1. The van der Waals surface area contributed by atoms with Crippen LogP contribution in [0.15, 0.2) is 42.7 Å². The minimum absolute atomic E-state index is 0.169. The van der Waals surface area contributed by atoms with Crippen LogP contribution in [0.1, 0.15) is 25.3 Å². The van der Waals surface area contributed by atoms with Crippen LogP contribution in [0.2, 0.25) is 0 Å². The average Bonchev–Trinajstić information content (AvgIpc) is 3.02. The predicted molar refractivity (Wildman–Crippen MR) is 85.5 cm³/mol. The van der Waals surface area contributed by atoms with Gasteiger partial charge in [0.25, 0.3) is 0 Å². The van der Waals surface area contributed by atoms with Crippen molar-refractivity contribution in [3.05, 3.63) is 48.3 Å². The van der Waals surface area contributed by atoms with Crippen LogP contribution in [-0.2, 0) is 0 Å². The van der Waals surface area contributed by atoms with E-state index in [0.717, 1.165) is 17.9 Å². The molecule has 0 saturated carbocycles. The first-order valence-corrected chi connectivity index (χ1v) is 7.64. The van der Waals surface area contributed by atoms with E-state index in [1.54, 1.807) is 6.20 Å². The number of benzene rings is 1. The molecule has 1 aromatic heterocycles. The van der Waals surface area contributed by atoms with Gasteiger partial charge in [-0.15, -0.1) is 0 Å². The molecular formula is C18H22N2O. The number of aromatic nitrogens is 1. The summed E-state index contributed by atoms with van der Waals surface area (Å²) in [5.74, 6) is 0.842. The summed E-state index contributed by atoms with van der Waals surface area (Å²) < 4.78 is 6.06. The molecule has 1 saturated heterocycles. The van der Waals surface area contributed by atoms with Gasteiger partial charge >= 0.3 is 0 Å². The maximum absolute atomic E-state index is 6.06. The van der Waals surface area contributed by atoms with Gasteiger partial charge in [0.05, 0.1) is 6.20 Å². The van der Waals surface area contributed by atoms with Gasteiger partial charge in [-0.1, -0.05) is 29.8 Å². The van der Waals surface area contributed by atoms with Gasteiger partial charge in [0.2, 0.25) is 0 Å². The number of nitrogens with one attached hydrogen (secondary N) is 1. The zero-order valence-electron chi connectivity index (χ0n) is 12.7. The maximum atomic E-state index is 6.06. The van der Waals surface area contributed by atoms with Gasteiger partial charge in [0.15, 0.2) is 0 Å². The molecule has 3 rings (SSSR count). The molecule has 0 spiro atoms. The minimum atomic E-state index is 0.169. The summed E-state index contributed by atoms with van der Waals surface area (Å²) in [6, 6.07) is 11.0. The van der Waals surface area contributed by atoms with Crippen molar-refractivity contribution in [2.75, 3.05) is 6.54 Å². The highest BCUT2D eigenvalue weighted by Crippen LogP contribution is 2.24. The second-order valence-corrected chi connectivity index (χ2v) is 5.80. The summed E-state index contributed by atoms with van der Waals surface area (Å²) in [7, 11) is 0. The second-order valence-electron chi connectivity index (χ2n) is 5.80. The largest absolute Gasteiger partial charge is 0.487 e. The molecule has 3 heteroatoms. The average molecular weight is 282 g/mol. The molecule has 3 nitrogen and oxygen atoms in total. The summed E-state index contributed by atoms with van der Waals surface area (Å²) in [5.41, 5.74) is 3.53. The van der Waals surface area contributed by atoms with E-state index < -0.39 is 0 Å². The molecule has 0 bridgehead atoms. The Morgan fingerprint density at radius 3 is 2.71 bits per heavy atom. The van der Waals surface area contributed by atoms with Crippen molar-refractivity contribution in [2.45, 2.75) is 38.8 Å². The van der Waals surface area contributed by atoms with Crippen LogP contribution in [-0.4, -0.2) is 23.7 Å². The standard InChI is InChI=1S/C18H22N2O/c1-13-5-7-15(8-6-13)16-10-17(12-19-11-16)21-14(2)18-4-3-9-20-18/h5-8,10-12,14,18,20H,3-4,9H2,1-2H3/t14?,18-/m0/s1. The maximum Gasteiger partial charge on any atom is 0.138 e.